The Hall–Kier alpha value is -2.60. The number of carbonyl (C=O) groups excluding carboxylic acids is 2. The van der Waals surface area contributed by atoms with Crippen molar-refractivity contribution >= 4 is 59.3 Å². The van der Waals surface area contributed by atoms with Gasteiger partial charge in [-0.3, -0.25) is 0 Å². The van der Waals surface area contributed by atoms with Crippen LogP contribution in [0.2, 0.25) is 0 Å². The standard InChI is InChI=1S/2C29H46F3N3O4S.2Na/c2*1-19(2)9-6-10-20(3)11-7-12-21(4)13-8-14-22(5)15-16-40-18-24(27(38)39)34-28-33-17-23(26(36)37)25(35-28)29(30,31)32;;/h2*15,17,19-21,24H,6-14,16,18H2,1-5H3,(H,36,37)(H,38,39)(H,33,34,35);;/q;;2*+1/p-2/b2*22-15+;;/t2*20?,21?,24-;;/m00../s1. The summed E-state index contributed by atoms with van der Waals surface area (Å²) < 4.78 is 78.9. The molecule has 0 amide bonds. The van der Waals surface area contributed by atoms with Crippen LogP contribution < -0.4 is 80.0 Å². The van der Waals surface area contributed by atoms with Gasteiger partial charge in [0.05, 0.1) is 11.9 Å². The zero-order valence-corrected chi connectivity index (χ0v) is 56.3. The Kier molecular flexibility index (Phi) is 43.6. The first kappa shape index (κ1) is 81.5. The molecule has 0 saturated heterocycles. The Bertz CT molecular complexity index is 2080. The van der Waals surface area contributed by atoms with Crippen molar-refractivity contribution in [3.8, 4) is 0 Å². The molecule has 2 heterocycles. The molecule has 0 fully saturated rings. The van der Waals surface area contributed by atoms with Gasteiger partial charge in [-0.2, -0.15) is 49.9 Å². The molecular weight excluding hydrogens is 1130 g/mol. The summed E-state index contributed by atoms with van der Waals surface area (Å²) in [5, 5.41) is 45.5. The first-order valence-electron chi connectivity index (χ1n) is 28.2. The second kappa shape index (κ2) is 43.9. The fourth-order valence-corrected chi connectivity index (χ4v) is 10.7. The van der Waals surface area contributed by atoms with Crippen LogP contribution in [0.5, 0.6) is 0 Å². The van der Waals surface area contributed by atoms with E-state index in [4.69, 9.17) is 0 Å². The predicted octanol–water partition coefficient (Wildman–Crippen LogP) is 7.69. The number of carboxylic acid groups (broad SMARTS) is 4. The van der Waals surface area contributed by atoms with Crippen molar-refractivity contribution in [2.45, 2.75) is 209 Å². The summed E-state index contributed by atoms with van der Waals surface area (Å²) in [5.74, 6) is -2.19. The number of hydrogen-bond donors (Lipinski definition) is 4. The molecule has 82 heavy (non-hydrogen) atoms. The Morgan fingerprint density at radius 1 is 0.524 bits per heavy atom. The summed E-state index contributed by atoms with van der Waals surface area (Å²) in [6, 6.07) is -2.51. The number of aromatic nitrogens is 4. The first-order valence-corrected chi connectivity index (χ1v) is 30.5. The Morgan fingerprint density at radius 3 is 1.06 bits per heavy atom. The van der Waals surface area contributed by atoms with Gasteiger partial charge in [-0.15, -0.1) is 0 Å². The van der Waals surface area contributed by atoms with E-state index in [1.165, 1.54) is 125 Å². The van der Waals surface area contributed by atoms with Gasteiger partial charge in [0.1, 0.15) is 12.1 Å². The number of carbonyl (C=O) groups is 4. The van der Waals surface area contributed by atoms with Crippen molar-refractivity contribution in [2.24, 2.45) is 35.5 Å². The number of carboxylic acids is 4. The average Bonchev–Trinajstić information content (AvgIpc) is 3.34. The molecule has 4 unspecified atom stereocenters. The van der Waals surface area contributed by atoms with Gasteiger partial charge in [0.15, 0.2) is 11.4 Å². The molecule has 0 spiro atoms. The number of anilines is 2. The molecule has 0 bridgehead atoms. The van der Waals surface area contributed by atoms with Crippen LogP contribution in [0.3, 0.4) is 0 Å². The first-order chi connectivity index (χ1) is 37.4. The number of aromatic carboxylic acids is 2. The second-order valence-electron chi connectivity index (χ2n) is 22.4. The van der Waals surface area contributed by atoms with E-state index in [0.717, 1.165) is 49.4 Å². The number of aliphatic carboxylic acids is 2. The third kappa shape index (κ3) is 37.7. The number of halogens is 6. The Labute approximate surface area is 536 Å². The van der Waals surface area contributed by atoms with Crippen LogP contribution in [-0.2, 0) is 21.9 Å². The van der Waals surface area contributed by atoms with E-state index < -0.39 is 82.7 Å². The van der Waals surface area contributed by atoms with Crippen molar-refractivity contribution in [1.29, 1.82) is 0 Å². The Balaban J connectivity index is 0. The van der Waals surface area contributed by atoms with Gasteiger partial charge in [0.2, 0.25) is 11.9 Å². The molecule has 0 aromatic carbocycles. The van der Waals surface area contributed by atoms with Crippen LogP contribution in [0.15, 0.2) is 35.7 Å². The van der Waals surface area contributed by atoms with E-state index >= 15 is 0 Å². The third-order valence-electron chi connectivity index (χ3n) is 13.7. The normalized spacial score (nSPS) is 14.3. The van der Waals surface area contributed by atoms with E-state index in [-0.39, 0.29) is 70.6 Å². The maximum Gasteiger partial charge on any atom is 1.00 e. The molecule has 0 aliphatic carbocycles. The van der Waals surface area contributed by atoms with Crippen LogP contribution in [0.4, 0.5) is 38.2 Å². The van der Waals surface area contributed by atoms with Crippen LogP contribution in [0.1, 0.15) is 217 Å². The molecular formula is C58H90F6N6Na2O8S2. The maximum atomic E-state index is 13.1. The van der Waals surface area contributed by atoms with E-state index in [1.807, 2.05) is 26.0 Å². The minimum atomic E-state index is -5.06. The fourth-order valence-electron chi connectivity index (χ4n) is 8.69. The molecule has 24 heteroatoms. The van der Waals surface area contributed by atoms with Crippen molar-refractivity contribution in [1.82, 2.24) is 19.9 Å². The maximum absolute atomic E-state index is 13.1. The van der Waals surface area contributed by atoms with E-state index in [1.54, 1.807) is 0 Å². The summed E-state index contributed by atoms with van der Waals surface area (Å²) in [6.07, 6.45) is 16.9. The average molecular weight is 1220 g/mol. The van der Waals surface area contributed by atoms with Gasteiger partial charge >= 0.3 is 83.4 Å². The Morgan fingerprint density at radius 2 is 0.805 bits per heavy atom. The van der Waals surface area contributed by atoms with Gasteiger partial charge in [-0.1, -0.05) is 169 Å². The number of rotatable bonds is 40. The molecule has 2 rings (SSSR count). The van der Waals surface area contributed by atoms with Gasteiger partial charge in [-0.25, -0.2) is 29.5 Å². The molecule has 14 nitrogen and oxygen atoms in total. The zero-order chi connectivity index (χ0) is 60.6. The number of allylic oxidation sites excluding steroid dienone is 2. The minimum Gasteiger partial charge on any atom is -0.545 e. The molecule has 2 aromatic rings. The van der Waals surface area contributed by atoms with Gasteiger partial charge in [0, 0.05) is 46.5 Å². The number of nitrogens with one attached hydrogen (secondary N) is 2. The summed E-state index contributed by atoms with van der Waals surface area (Å²) in [6.45, 7) is 22.5. The SMILES string of the molecule is C/C(=C\CSC[C@H](Nc1ncc(C(=O)[O-])c(C(F)(F)F)n1)C(=O)O)CCCC(C)CCCC(C)CCCC(C)C.C/C(=C\CSC[C@H](Nc1ncc(C(=O)[O-])c(C(F)(F)F)n1)C(=O)O)CCCC(C)CCCC(C)CCCC(C)C.[Na+].[Na+]. The van der Waals surface area contributed by atoms with E-state index in [9.17, 15) is 65.9 Å². The topological polar surface area (TPSA) is 230 Å². The van der Waals surface area contributed by atoms with Crippen molar-refractivity contribution in [3.05, 3.63) is 58.2 Å². The summed E-state index contributed by atoms with van der Waals surface area (Å²) in [5.41, 5.74) is -3.38. The van der Waals surface area contributed by atoms with Gasteiger partial charge in [0.25, 0.3) is 0 Å². The molecule has 4 N–H and O–H groups in total. The molecule has 0 aliphatic heterocycles. The van der Waals surface area contributed by atoms with Crippen LogP contribution >= 0.6 is 23.5 Å². The van der Waals surface area contributed by atoms with Crippen molar-refractivity contribution < 1.29 is 125 Å². The number of thioether (sulfide) groups is 2. The number of alkyl halides is 6. The second-order valence-corrected chi connectivity index (χ2v) is 24.6. The molecule has 6 atom stereocenters. The van der Waals surface area contributed by atoms with Crippen LogP contribution in [0, 0.1) is 35.5 Å². The zero-order valence-electron chi connectivity index (χ0n) is 50.7. The van der Waals surface area contributed by atoms with E-state index in [2.05, 4.69) is 86.0 Å². The molecule has 0 aliphatic rings. The summed E-state index contributed by atoms with van der Waals surface area (Å²) in [7, 11) is 0. The van der Waals surface area contributed by atoms with Crippen LogP contribution in [-0.4, -0.2) is 89.1 Å². The quantitative estimate of drug-likeness (QED) is 0.0217. The number of nitrogens with zero attached hydrogens (tertiary/aromatic N) is 4. The van der Waals surface area contributed by atoms with Crippen molar-refractivity contribution in [2.75, 3.05) is 33.6 Å². The van der Waals surface area contributed by atoms with E-state index in [0.29, 0.717) is 35.7 Å². The van der Waals surface area contributed by atoms with Crippen molar-refractivity contribution in [3.63, 3.8) is 0 Å². The summed E-state index contributed by atoms with van der Waals surface area (Å²) in [4.78, 5) is 58.5. The minimum absolute atomic E-state index is 0. The molecule has 0 radical (unpaired) electrons. The molecule has 456 valence electrons. The van der Waals surface area contributed by atoms with Gasteiger partial charge in [-0.05, 0) is 75.0 Å². The summed E-state index contributed by atoms with van der Waals surface area (Å²) >= 11 is 2.63. The molecule has 2 aromatic heterocycles. The largest absolute Gasteiger partial charge is 1.00 e. The number of hydrogen-bond acceptors (Lipinski definition) is 14. The van der Waals surface area contributed by atoms with Gasteiger partial charge < -0.3 is 40.6 Å². The molecule has 0 saturated carbocycles. The smallest absolute Gasteiger partial charge is 0.545 e. The monoisotopic (exact) mass is 1220 g/mol. The predicted molar refractivity (Wildman–Crippen MR) is 304 cm³/mol. The van der Waals surface area contributed by atoms with Crippen LogP contribution in [0.25, 0.3) is 0 Å². The third-order valence-corrected chi connectivity index (χ3v) is 15.6. The fraction of sp³-hybridized carbons (Fsp3) is 0.724.